The van der Waals surface area contributed by atoms with E-state index in [2.05, 4.69) is 58.4 Å². The summed E-state index contributed by atoms with van der Waals surface area (Å²) in [5.74, 6) is -0.266. The number of hydrogen-bond donors (Lipinski definition) is 0. The van der Waals surface area contributed by atoms with Gasteiger partial charge in [0.25, 0.3) is 0 Å². The largest absolute Gasteiger partial charge is 0.456 e. The molecule has 0 fully saturated rings. The molecular weight excluding hydrogens is 352 g/mol. The first-order valence-electron chi connectivity index (χ1n) is 7.59. The Balaban J connectivity index is 2.07. The Hall–Kier alpha value is -2.13. The molecule has 3 heteroatoms. The highest BCUT2D eigenvalue weighted by molar-refractivity contribution is 9.09. The first-order chi connectivity index (χ1) is 11.2. The molecule has 114 valence electrons. The van der Waals surface area contributed by atoms with E-state index in [1.165, 1.54) is 28.8 Å². The maximum absolute atomic E-state index is 11.6. The van der Waals surface area contributed by atoms with E-state index in [1.54, 1.807) is 0 Å². The van der Waals surface area contributed by atoms with Gasteiger partial charge in [-0.25, -0.2) is 0 Å². The Morgan fingerprint density at radius 3 is 2.52 bits per heavy atom. The van der Waals surface area contributed by atoms with E-state index in [0.29, 0.717) is 0 Å². The Morgan fingerprint density at radius 1 is 0.957 bits per heavy atom. The molecule has 3 aromatic rings. The van der Waals surface area contributed by atoms with E-state index >= 15 is 0 Å². The quantitative estimate of drug-likeness (QED) is 0.416. The molecular formula is C20H15BrO2. The maximum Gasteiger partial charge on any atom is 0.303 e. The van der Waals surface area contributed by atoms with Gasteiger partial charge in [0, 0.05) is 12.5 Å². The molecule has 2 nitrogen and oxygen atoms in total. The molecule has 0 bridgehead atoms. The number of hydrogen-bond acceptors (Lipinski definition) is 2. The summed E-state index contributed by atoms with van der Waals surface area (Å²) >= 11 is 3.74. The Bertz CT molecular complexity index is 916. The van der Waals surface area contributed by atoms with Crippen LogP contribution >= 0.6 is 15.9 Å². The average molecular weight is 367 g/mol. The van der Waals surface area contributed by atoms with E-state index in [-0.39, 0.29) is 16.9 Å². The molecule has 4 rings (SSSR count). The van der Waals surface area contributed by atoms with Crippen molar-refractivity contribution >= 4 is 32.7 Å². The Labute approximate surface area is 143 Å². The van der Waals surface area contributed by atoms with Gasteiger partial charge in [-0.15, -0.1) is 0 Å². The van der Waals surface area contributed by atoms with Crippen LogP contribution in [0, 0.1) is 0 Å². The minimum atomic E-state index is -0.318. The molecule has 0 radical (unpaired) electrons. The molecule has 0 aromatic heterocycles. The second-order valence-corrected chi connectivity index (χ2v) is 6.76. The molecule has 3 aromatic carbocycles. The highest BCUT2D eigenvalue weighted by atomic mass is 79.9. The summed E-state index contributed by atoms with van der Waals surface area (Å²) < 4.78 is 5.65. The third-order valence-corrected chi connectivity index (χ3v) is 5.33. The molecule has 0 saturated carbocycles. The molecule has 0 saturated heterocycles. The van der Waals surface area contributed by atoms with Crippen molar-refractivity contribution in [2.75, 3.05) is 0 Å². The second kappa shape index (κ2) is 5.50. The fraction of sp³-hybridized carbons (Fsp3) is 0.150. The number of carbonyl (C=O) groups excluding carboxylic acids is 1. The third-order valence-electron chi connectivity index (χ3n) is 4.35. The van der Waals surface area contributed by atoms with E-state index in [1.807, 2.05) is 18.2 Å². The van der Waals surface area contributed by atoms with Gasteiger partial charge in [0.05, 0.1) is 4.83 Å². The number of esters is 1. The Kier molecular flexibility index (Phi) is 3.46. The molecule has 0 heterocycles. The van der Waals surface area contributed by atoms with Crippen LogP contribution in [0.1, 0.15) is 29.0 Å². The summed E-state index contributed by atoms with van der Waals surface area (Å²) in [6.07, 6.45) is -0.318. The number of alkyl halides is 1. The van der Waals surface area contributed by atoms with E-state index < -0.39 is 0 Å². The van der Waals surface area contributed by atoms with Crippen LogP contribution in [0.3, 0.4) is 0 Å². The van der Waals surface area contributed by atoms with Gasteiger partial charge in [-0.05, 0) is 27.5 Å². The van der Waals surface area contributed by atoms with Crippen LogP contribution < -0.4 is 0 Å². The number of rotatable bonds is 1. The second-order valence-electron chi connectivity index (χ2n) is 5.77. The lowest BCUT2D eigenvalue weighted by molar-refractivity contribution is -0.146. The number of benzene rings is 3. The van der Waals surface area contributed by atoms with Crippen LogP contribution in [0.4, 0.5) is 0 Å². The molecule has 0 spiro atoms. The van der Waals surface area contributed by atoms with Crippen molar-refractivity contribution in [1.29, 1.82) is 0 Å². The summed E-state index contributed by atoms with van der Waals surface area (Å²) in [5.41, 5.74) is 4.58. The lowest BCUT2D eigenvalue weighted by Gasteiger charge is -2.32. The van der Waals surface area contributed by atoms with Crippen molar-refractivity contribution in [2.45, 2.75) is 17.9 Å². The average Bonchev–Trinajstić information content (AvgIpc) is 2.57. The van der Waals surface area contributed by atoms with Gasteiger partial charge in [-0.1, -0.05) is 76.6 Å². The zero-order chi connectivity index (χ0) is 16.0. The van der Waals surface area contributed by atoms with Crippen LogP contribution in [0.5, 0.6) is 0 Å². The fourth-order valence-corrected chi connectivity index (χ4v) is 4.21. The summed E-state index contributed by atoms with van der Waals surface area (Å²) in [7, 11) is 0. The van der Waals surface area contributed by atoms with Crippen molar-refractivity contribution in [2.24, 2.45) is 0 Å². The van der Waals surface area contributed by atoms with Gasteiger partial charge in [0.2, 0.25) is 0 Å². The summed E-state index contributed by atoms with van der Waals surface area (Å²) in [5, 5.41) is 2.38. The number of fused-ring (bicyclic) bond motifs is 5. The van der Waals surface area contributed by atoms with Gasteiger partial charge >= 0.3 is 5.97 Å². The van der Waals surface area contributed by atoms with Gasteiger partial charge in [0.1, 0.15) is 6.10 Å². The standard InChI is InChI=1S/C20H15BrO2/c1-12(22)23-20-17-11-10-13-6-2-3-7-14(13)18(17)15-8-4-5-9-16(15)19(20)21/h2-11,19-20H,1H3/t19-,20-/m1/s1. The van der Waals surface area contributed by atoms with Crippen molar-refractivity contribution < 1.29 is 9.53 Å². The summed E-state index contributed by atoms with van der Waals surface area (Å²) in [6, 6.07) is 20.8. The topological polar surface area (TPSA) is 26.3 Å². The lowest BCUT2D eigenvalue weighted by Crippen LogP contribution is -2.19. The van der Waals surface area contributed by atoms with Crippen molar-refractivity contribution in [3.05, 3.63) is 71.8 Å². The fourth-order valence-electron chi connectivity index (χ4n) is 3.41. The minimum Gasteiger partial charge on any atom is -0.456 e. The first-order valence-corrected chi connectivity index (χ1v) is 8.50. The Morgan fingerprint density at radius 2 is 1.70 bits per heavy atom. The summed E-state index contributed by atoms with van der Waals surface area (Å²) in [6.45, 7) is 1.46. The van der Waals surface area contributed by atoms with Gasteiger partial charge in [0.15, 0.2) is 0 Å². The van der Waals surface area contributed by atoms with E-state index in [9.17, 15) is 4.79 Å². The van der Waals surface area contributed by atoms with E-state index in [4.69, 9.17) is 4.74 Å². The van der Waals surface area contributed by atoms with Gasteiger partial charge in [-0.3, -0.25) is 4.79 Å². The molecule has 2 atom stereocenters. The van der Waals surface area contributed by atoms with Crippen LogP contribution in [0.15, 0.2) is 60.7 Å². The van der Waals surface area contributed by atoms with Crippen LogP contribution in [-0.2, 0) is 9.53 Å². The molecule has 1 aliphatic carbocycles. The van der Waals surface area contributed by atoms with Crippen LogP contribution in [0.2, 0.25) is 0 Å². The highest BCUT2D eigenvalue weighted by Crippen LogP contribution is 2.52. The number of halogens is 1. The van der Waals surface area contributed by atoms with Crippen molar-refractivity contribution in [3.63, 3.8) is 0 Å². The number of ether oxygens (including phenoxy) is 1. The van der Waals surface area contributed by atoms with Crippen molar-refractivity contribution in [3.8, 4) is 11.1 Å². The van der Waals surface area contributed by atoms with Crippen LogP contribution in [0.25, 0.3) is 21.9 Å². The highest BCUT2D eigenvalue weighted by Gasteiger charge is 2.35. The van der Waals surface area contributed by atoms with E-state index in [0.717, 1.165) is 11.1 Å². The maximum atomic E-state index is 11.6. The molecule has 0 amide bonds. The molecule has 0 unspecified atom stereocenters. The smallest absolute Gasteiger partial charge is 0.303 e. The predicted octanol–water partition coefficient (Wildman–Crippen LogP) is 5.56. The zero-order valence-corrected chi connectivity index (χ0v) is 14.2. The molecule has 0 N–H and O–H groups in total. The predicted molar refractivity (Wildman–Crippen MR) is 95.6 cm³/mol. The third kappa shape index (κ3) is 2.27. The normalized spacial score (nSPS) is 19.0. The van der Waals surface area contributed by atoms with Crippen LogP contribution in [-0.4, -0.2) is 5.97 Å². The van der Waals surface area contributed by atoms with Gasteiger partial charge < -0.3 is 4.74 Å². The monoisotopic (exact) mass is 366 g/mol. The first kappa shape index (κ1) is 14.5. The van der Waals surface area contributed by atoms with Crippen molar-refractivity contribution in [1.82, 2.24) is 0 Å². The lowest BCUT2D eigenvalue weighted by atomic mass is 9.81. The van der Waals surface area contributed by atoms with Gasteiger partial charge in [-0.2, -0.15) is 0 Å². The number of carbonyl (C=O) groups is 1. The SMILES string of the molecule is CC(=O)O[C@@H]1c2ccc3ccccc3c2-c2ccccc2[C@H]1Br. The molecule has 1 aliphatic rings. The zero-order valence-electron chi connectivity index (χ0n) is 12.6. The molecule has 23 heavy (non-hydrogen) atoms. The minimum absolute atomic E-state index is 0.0451. The summed E-state index contributed by atoms with van der Waals surface area (Å²) in [4.78, 5) is 11.6. The molecule has 0 aliphatic heterocycles.